The van der Waals surface area contributed by atoms with Crippen molar-refractivity contribution >= 4 is 43.4 Å². The van der Waals surface area contributed by atoms with Gasteiger partial charge in [0.15, 0.2) is 15.0 Å². The lowest BCUT2D eigenvalue weighted by molar-refractivity contribution is -0.130. The second kappa shape index (κ2) is 7.74. The van der Waals surface area contributed by atoms with Crippen LogP contribution in [0.2, 0.25) is 0 Å². The molecule has 1 amide bonds. The van der Waals surface area contributed by atoms with Gasteiger partial charge in [-0.05, 0) is 31.0 Å². The first-order valence-corrected chi connectivity index (χ1v) is 11.7. The van der Waals surface area contributed by atoms with Crippen LogP contribution in [-0.4, -0.2) is 59.0 Å². The van der Waals surface area contributed by atoms with Gasteiger partial charge >= 0.3 is 0 Å². The van der Waals surface area contributed by atoms with Gasteiger partial charge in [0.25, 0.3) is 0 Å². The van der Waals surface area contributed by atoms with E-state index in [2.05, 4.69) is 25.9 Å². The van der Waals surface area contributed by atoms with Crippen LogP contribution in [0.15, 0.2) is 40.1 Å². The molecule has 0 radical (unpaired) electrons. The predicted octanol–water partition coefficient (Wildman–Crippen LogP) is 2.97. The van der Waals surface area contributed by atoms with Crippen molar-refractivity contribution in [2.75, 3.05) is 18.6 Å². The molecule has 0 unspecified atom stereocenters. The number of sulfone groups is 1. The number of amides is 1. The molecule has 0 saturated carbocycles. The van der Waals surface area contributed by atoms with E-state index in [4.69, 9.17) is 0 Å². The fourth-order valence-corrected chi connectivity index (χ4v) is 5.83. The topological polar surface area (TPSA) is 83.1 Å². The maximum absolute atomic E-state index is 12.6. The van der Waals surface area contributed by atoms with Crippen LogP contribution in [-0.2, 0) is 14.6 Å². The molecule has 1 aliphatic heterocycles. The number of rotatable bonds is 5. The fourth-order valence-electron chi connectivity index (χ4n) is 2.90. The number of imidazole rings is 1. The number of benzene rings is 1. The molecule has 1 N–H and O–H groups in total. The molecule has 0 aliphatic carbocycles. The van der Waals surface area contributed by atoms with Crippen LogP contribution in [0.3, 0.4) is 0 Å². The molecular weight excluding hydrogens is 438 g/mol. The molecule has 3 rings (SSSR count). The number of H-pyrrole nitrogens is 1. The van der Waals surface area contributed by atoms with E-state index in [9.17, 15) is 13.2 Å². The normalized spacial score (nSPS) is 20.0. The number of thioether (sulfide) groups is 1. The Balaban J connectivity index is 1.63. The van der Waals surface area contributed by atoms with Gasteiger partial charge in [0.1, 0.15) is 0 Å². The Morgan fingerprint density at radius 1 is 1.38 bits per heavy atom. The minimum Gasteiger partial charge on any atom is -0.341 e. The van der Waals surface area contributed by atoms with Crippen LogP contribution in [0.25, 0.3) is 11.3 Å². The summed E-state index contributed by atoms with van der Waals surface area (Å²) >= 11 is 4.75. The molecule has 9 heteroatoms. The quantitative estimate of drug-likeness (QED) is 0.697. The number of carbonyl (C=O) groups is 1. The van der Waals surface area contributed by atoms with Crippen LogP contribution in [0.5, 0.6) is 0 Å². The first kappa shape index (κ1) is 19.4. The van der Waals surface area contributed by atoms with E-state index in [-0.39, 0.29) is 28.7 Å². The Bertz CT molecular complexity index is 896. The number of aromatic nitrogens is 2. The second-order valence-corrected chi connectivity index (χ2v) is 10.8. The van der Waals surface area contributed by atoms with Crippen LogP contribution < -0.4 is 0 Å². The van der Waals surface area contributed by atoms with Crippen molar-refractivity contribution in [2.24, 2.45) is 0 Å². The zero-order chi connectivity index (χ0) is 18.9. The molecular formula is C17H20BrN3O3S2. The van der Waals surface area contributed by atoms with Crippen molar-refractivity contribution in [1.82, 2.24) is 14.9 Å². The summed E-state index contributed by atoms with van der Waals surface area (Å²) in [5.41, 5.74) is 1.90. The molecule has 1 fully saturated rings. The van der Waals surface area contributed by atoms with Crippen molar-refractivity contribution in [3.05, 3.63) is 34.9 Å². The number of nitrogens with one attached hydrogen (secondary N) is 1. The SMILES string of the molecule is C[C@@H](Sc1ncc(-c2ccc(Br)cc2)[nH]1)C(=O)N(C)[C@H]1CCS(=O)(=O)C1. The first-order valence-electron chi connectivity index (χ1n) is 8.20. The lowest BCUT2D eigenvalue weighted by atomic mass is 10.2. The van der Waals surface area contributed by atoms with Gasteiger partial charge in [-0.2, -0.15) is 0 Å². The molecule has 1 saturated heterocycles. The maximum atomic E-state index is 12.6. The van der Waals surface area contributed by atoms with Gasteiger partial charge < -0.3 is 9.88 Å². The van der Waals surface area contributed by atoms with E-state index in [1.165, 1.54) is 11.8 Å². The molecule has 0 spiro atoms. The summed E-state index contributed by atoms with van der Waals surface area (Å²) in [6, 6.07) is 7.65. The molecule has 1 aromatic carbocycles. The number of halogens is 1. The highest BCUT2D eigenvalue weighted by Crippen LogP contribution is 2.27. The van der Waals surface area contributed by atoms with Gasteiger partial charge in [0.2, 0.25) is 5.91 Å². The maximum Gasteiger partial charge on any atom is 0.235 e. The average molecular weight is 458 g/mol. The van der Waals surface area contributed by atoms with Crippen molar-refractivity contribution in [1.29, 1.82) is 0 Å². The van der Waals surface area contributed by atoms with Crippen LogP contribution >= 0.6 is 27.7 Å². The number of hydrogen-bond donors (Lipinski definition) is 1. The van der Waals surface area contributed by atoms with Crippen molar-refractivity contribution in [2.45, 2.75) is 29.8 Å². The Labute approximate surface area is 165 Å². The Hall–Kier alpha value is -1.32. The molecule has 0 bridgehead atoms. The number of nitrogens with zero attached hydrogens (tertiary/aromatic N) is 2. The van der Waals surface area contributed by atoms with E-state index in [0.29, 0.717) is 11.6 Å². The molecule has 2 atom stereocenters. The Morgan fingerprint density at radius 2 is 2.08 bits per heavy atom. The summed E-state index contributed by atoms with van der Waals surface area (Å²) in [7, 11) is -1.33. The standard InChI is InChI=1S/C17H20BrN3O3S2/c1-11(16(22)21(2)14-7-8-26(23,24)10-14)25-17-19-9-15(20-17)12-3-5-13(18)6-4-12/h3-6,9,11,14H,7-8,10H2,1-2H3,(H,19,20)/t11-,14+/m1/s1. The molecule has 1 aromatic heterocycles. The lowest BCUT2D eigenvalue weighted by Crippen LogP contribution is -2.41. The summed E-state index contributed by atoms with van der Waals surface area (Å²) in [4.78, 5) is 21.8. The third-order valence-corrected chi connectivity index (χ3v) is 7.71. The second-order valence-electron chi connectivity index (χ2n) is 6.38. The monoisotopic (exact) mass is 457 g/mol. The number of carbonyl (C=O) groups excluding carboxylic acids is 1. The Kier molecular flexibility index (Phi) is 5.78. The minimum atomic E-state index is -3.01. The van der Waals surface area contributed by atoms with Gasteiger partial charge in [-0.25, -0.2) is 13.4 Å². The van der Waals surface area contributed by atoms with Crippen LogP contribution in [0.4, 0.5) is 0 Å². The van der Waals surface area contributed by atoms with Gasteiger partial charge in [-0.15, -0.1) is 0 Å². The molecule has 140 valence electrons. The first-order chi connectivity index (χ1) is 12.2. The van der Waals surface area contributed by atoms with Gasteiger partial charge in [0.05, 0.1) is 28.6 Å². The summed E-state index contributed by atoms with van der Waals surface area (Å²) < 4.78 is 24.3. The summed E-state index contributed by atoms with van der Waals surface area (Å²) in [6.45, 7) is 1.81. The molecule has 2 heterocycles. The van der Waals surface area contributed by atoms with Gasteiger partial charge in [-0.1, -0.05) is 39.8 Å². The zero-order valence-corrected chi connectivity index (χ0v) is 17.7. The summed E-state index contributed by atoms with van der Waals surface area (Å²) in [5, 5.41) is 0.309. The fraction of sp³-hybridized carbons (Fsp3) is 0.412. The third kappa shape index (κ3) is 4.50. The highest BCUT2D eigenvalue weighted by Gasteiger charge is 2.34. The minimum absolute atomic E-state index is 0.0566. The van der Waals surface area contributed by atoms with Gasteiger partial charge in [0, 0.05) is 17.6 Å². The molecule has 26 heavy (non-hydrogen) atoms. The Morgan fingerprint density at radius 3 is 2.69 bits per heavy atom. The van der Waals surface area contributed by atoms with Crippen molar-refractivity contribution in [3.8, 4) is 11.3 Å². The van der Waals surface area contributed by atoms with Crippen LogP contribution in [0, 0.1) is 0 Å². The highest BCUT2D eigenvalue weighted by atomic mass is 79.9. The predicted molar refractivity (Wildman–Crippen MR) is 107 cm³/mol. The smallest absolute Gasteiger partial charge is 0.235 e. The summed E-state index contributed by atoms with van der Waals surface area (Å²) in [6.07, 6.45) is 2.26. The average Bonchev–Trinajstić information content (AvgIpc) is 3.20. The van der Waals surface area contributed by atoms with E-state index in [0.717, 1.165) is 15.7 Å². The number of hydrogen-bond acceptors (Lipinski definition) is 5. The van der Waals surface area contributed by atoms with Crippen LogP contribution in [0.1, 0.15) is 13.3 Å². The van der Waals surface area contributed by atoms with Crippen molar-refractivity contribution in [3.63, 3.8) is 0 Å². The zero-order valence-electron chi connectivity index (χ0n) is 14.5. The van der Waals surface area contributed by atoms with E-state index in [1.807, 2.05) is 31.2 Å². The van der Waals surface area contributed by atoms with Crippen molar-refractivity contribution < 1.29 is 13.2 Å². The lowest BCUT2D eigenvalue weighted by Gasteiger charge is -2.25. The highest BCUT2D eigenvalue weighted by molar-refractivity contribution is 9.10. The van der Waals surface area contributed by atoms with E-state index in [1.54, 1.807) is 18.1 Å². The molecule has 1 aliphatic rings. The molecule has 6 nitrogen and oxygen atoms in total. The summed E-state index contributed by atoms with van der Waals surface area (Å²) in [5.74, 6) is 0.130. The van der Waals surface area contributed by atoms with Gasteiger partial charge in [-0.3, -0.25) is 4.79 Å². The molecule has 2 aromatic rings. The third-order valence-electron chi connectivity index (χ3n) is 4.45. The number of aromatic amines is 1. The van der Waals surface area contributed by atoms with E-state index < -0.39 is 9.84 Å². The largest absolute Gasteiger partial charge is 0.341 e. The van der Waals surface area contributed by atoms with E-state index >= 15 is 0 Å².